The molecule has 8 heteroatoms. The highest BCUT2D eigenvalue weighted by molar-refractivity contribution is 7.92. The van der Waals surface area contributed by atoms with Crippen molar-refractivity contribution in [3.63, 3.8) is 0 Å². The van der Waals surface area contributed by atoms with Gasteiger partial charge in [0.05, 0.1) is 15.5 Å². The molecule has 0 radical (unpaired) electrons. The van der Waals surface area contributed by atoms with E-state index in [4.69, 9.17) is 5.14 Å². The fourth-order valence-electron chi connectivity index (χ4n) is 3.31. The Balaban J connectivity index is 1.80. The lowest BCUT2D eigenvalue weighted by Crippen LogP contribution is -2.15. The molecule has 140 valence electrons. The maximum absolute atomic E-state index is 12.6. The van der Waals surface area contributed by atoms with Gasteiger partial charge in [-0.3, -0.25) is 4.72 Å². The van der Waals surface area contributed by atoms with Gasteiger partial charge in [-0.2, -0.15) is 0 Å². The third kappa shape index (κ3) is 4.44. The van der Waals surface area contributed by atoms with Gasteiger partial charge in [0.1, 0.15) is 0 Å². The third-order valence-corrected chi connectivity index (χ3v) is 6.99. The topological polar surface area (TPSA) is 106 Å². The second-order valence-electron chi connectivity index (χ2n) is 6.58. The molecular formula is C18H22N2O4S2. The van der Waals surface area contributed by atoms with E-state index in [1.54, 1.807) is 12.1 Å². The molecule has 0 atom stereocenters. The van der Waals surface area contributed by atoms with Crippen molar-refractivity contribution in [2.75, 3.05) is 4.72 Å². The summed E-state index contributed by atoms with van der Waals surface area (Å²) in [5.74, 6) is 0.500. The first-order valence-corrected chi connectivity index (χ1v) is 11.5. The molecule has 26 heavy (non-hydrogen) atoms. The molecule has 1 saturated carbocycles. The van der Waals surface area contributed by atoms with E-state index in [9.17, 15) is 16.8 Å². The van der Waals surface area contributed by atoms with Gasteiger partial charge in [0.25, 0.3) is 10.0 Å². The number of sulfonamides is 2. The van der Waals surface area contributed by atoms with Crippen molar-refractivity contribution in [1.82, 2.24) is 0 Å². The SMILES string of the molecule is NS(=O)(=O)c1cccc(NS(=O)(=O)c2ccc(C3CCCCC3)cc2)c1. The Kier molecular flexibility index (Phi) is 5.36. The molecule has 6 nitrogen and oxygen atoms in total. The minimum absolute atomic E-state index is 0.137. The number of nitrogens with one attached hydrogen (secondary N) is 1. The molecule has 1 aliphatic carbocycles. The van der Waals surface area contributed by atoms with Gasteiger partial charge in [0, 0.05) is 0 Å². The van der Waals surface area contributed by atoms with Crippen LogP contribution in [0.5, 0.6) is 0 Å². The molecule has 2 aromatic carbocycles. The van der Waals surface area contributed by atoms with Gasteiger partial charge < -0.3 is 0 Å². The predicted molar refractivity (Wildman–Crippen MR) is 101 cm³/mol. The van der Waals surface area contributed by atoms with Crippen LogP contribution in [0.1, 0.15) is 43.6 Å². The lowest BCUT2D eigenvalue weighted by Gasteiger charge is -2.22. The molecule has 0 spiro atoms. The summed E-state index contributed by atoms with van der Waals surface area (Å²) in [7, 11) is -7.71. The molecule has 0 aliphatic heterocycles. The number of hydrogen-bond acceptors (Lipinski definition) is 4. The molecule has 2 aromatic rings. The fraction of sp³-hybridized carbons (Fsp3) is 0.333. The van der Waals surface area contributed by atoms with Crippen molar-refractivity contribution in [2.45, 2.75) is 47.8 Å². The van der Waals surface area contributed by atoms with Crippen LogP contribution in [0, 0.1) is 0 Å². The van der Waals surface area contributed by atoms with Crippen molar-refractivity contribution in [2.24, 2.45) is 5.14 Å². The van der Waals surface area contributed by atoms with Crippen LogP contribution < -0.4 is 9.86 Å². The zero-order valence-electron chi connectivity index (χ0n) is 14.3. The highest BCUT2D eigenvalue weighted by atomic mass is 32.2. The van der Waals surface area contributed by atoms with E-state index in [2.05, 4.69) is 4.72 Å². The maximum atomic E-state index is 12.6. The lowest BCUT2D eigenvalue weighted by atomic mass is 9.84. The fourth-order valence-corrected chi connectivity index (χ4v) is 4.91. The monoisotopic (exact) mass is 394 g/mol. The molecule has 0 heterocycles. The van der Waals surface area contributed by atoms with Gasteiger partial charge in [-0.1, -0.05) is 37.5 Å². The Bertz CT molecular complexity index is 978. The molecule has 1 fully saturated rings. The third-order valence-electron chi connectivity index (χ3n) is 4.68. The average molecular weight is 395 g/mol. The van der Waals surface area contributed by atoms with Crippen LogP contribution in [0.15, 0.2) is 58.3 Å². The van der Waals surface area contributed by atoms with E-state index < -0.39 is 20.0 Å². The van der Waals surface area contributed by atoms with Crippen LogP contribution in [-0.2, 0) is 20.0 Å². The Hall–Kier alpha value is -1.90. The van der Waals surface area contributed by atoms with Gasteiger partial charge in [-0.15, -0.1) is 0 Å². The van der Waals surface area contributed by atoms with E-state index >= 15 is 0 Å². The molecule has 0 aromatic heterocycles. The van der Waals surface area contributed by atoms with E-state index in [-0.39, 0.29) is 15.5 Å². The number of hydrogen-bond donors (Lipinski definition) is 2. The molecule has 0 unspecified atom stereocenters. The van der Waals surface area contributed by atoms with Crippen LogP contribution in [0.25, 0.3) is 0 Å². The van der Waals surface area contributed by atoms with E-state index in [1.807, 2.05) is 12.1 Å². The summed E-state index contributed by atoms with van der Waals surface area (Å²) in [6.07, 6.45) is 5.99. The van der Waals surface area contributed by atoms with E-state index in [0.717, 1.165) is 12.8 Å². The van der Waals surface area contributed by atoms with Gasteiger partial charge in [0.2, 0.25) is 10.0 Å². The van der Waals surface area contributed by atoms with Crippen molar-refractivity contribution < 1.29 is 16.8 Å². The second kappa shape index (κ2) is 7.38. The predicted octanol–water partition coefficient (Wildman–Crippen LogP) is 3.18. The van der Waals surface area contributed by atoms with Crippen molar-refractivity contribution in [3.05, 3.63) is 54.1 Å². The minimum atomic E-state index is -3.90. The van der Waals surface area contributed by atoms with Gasteiger partial charge >= 0.3 is 0 Å². The highest BCUT2D eigenvalue weighted by Crippen LogP contribution is 2.33. The molecule has 0 amide bonds. The number of nitrogens with two attached hydrogens (primary N) is 1. The summed E-state index contributed by atoms with van der Waals surface area (Å²) < 4.78 is 50.3. The normalized spacial score (nSPS) is 16.3. The van der Waals surface area contributed by atoms with Gasteiger partial charge in [0.15, 0.2) is 0 Å². The summed E-state index contributed by atoms with van der Waals surface area (Å²) in [6, 6.07) is 12.3. The van der Waals surface area contributed by atoms with Gasteiger partial charge in [-0.25, -0.2) is 22.0 Å². The minimum Gasteiger partial charge on any atom is -0.280 e. The first-order valence-electron chi connectivity index (χ1n) is 8.51. The molecule has 3 N–H and O–H groups in total. The van der Waals surface area contributed by atoms with Crippen LogP contribution in [0.2, 0.25) is 0 Å². The molecule has 0 saturated heterocycles. The Morgan fingerprint density at radius 1 is 0.846 bits per heavy atom. The van der Waals surface area contributed by atoms with Crippen LogP contribution in [0.3, 0.4) is 0 Å². The van der Waals surface area contributed by atoms with Crippen molar-refractivity contribution in [3.8, 4) is 0 Å². The first-order chi connectivity index (χ1) is 12.3. The largest absolute Gasteiger partial charge is 0.280 e. The zero-order chi connectivity index (χ0) is 18.8. The van der Waals surface area contributed by atoms with E-state index in [1.165, 1.54) is 49.1 Å². The summed E-state index contributed by atoms with van der Waals surface area (Å²) in [6.45, 7) is 0. The van der Waals surface area contributed by atoms with Crippen molar-refractivity contribution in [1.29, 1.82) is 0 Å². The molecule has 3 rings (SSSR count). The maximum Gasteiger partial charge on any atom is 0.261 e. The van der Waals surface area contributed by atoms with Gasteiger partial charge in [-0.05, 0) is 54.7 Å². The Labute approximate surface area is 154 Å². The number of rotatable bonds is 5. The smallest absolute Gasteiger partial charge is 0.261 e. The zero-order valence-corrected chi connectivity index (χ0v) is 15.9. The summed E-state index contributed by atoms with van der Waals surface area (Å²) in [5, 5.41) is 5.08. The Morgan fingerprint density at radius 3 is 2.12 bits per heavy atom. The number of anilines is 1. The summed E-state index contributed by atoms with van der Waals surface area (Å²) in [5.41, 5.74) is 1.31. The van der Waals surface area contributed by atoms with Crippen molar-refractivity contribution >= 4 is 25.7 Å². The molecule has 0 bridgehead atoms. The summed E-state index contributed by atoms with van der Waals surface area (Å²) >= 11 is 0. The highest BCUT2D eigenvalue weighted by Gasteiger charge is 2.19. The first kappa shape index (κ1) is 18.9. The number of benzene rings is 2. The molecular weight excluding hydrogens is 372 g/mol. The second-order valence-corrected chi connectivity index (χ2v) is 9.83. The standard InChI is InChI=1S/C18H22N2O4S2/c19-25(21,22)18-8-4-7-16(13-18)20-26(23,24)17-11-9-15(10-12-17)14-5-2-1-3-6-14/h4,7-14,20H,1-3,5-6H2,(H2,19,21,22). The summed E-state index contributed by atoms with van der Waals surface area (Å²) in [4.78, 5) is -0.0107. The number of primary sulfonamides is 1. The van der Waals surface area contributed by atoms with Crippen LogP contribution in [-0.4, -0.2) is 16.8 Å². The Morgan fingerprint density at radius 2 is 1.50 bits per heavy atom. The van der Waals surface area contributed by atoms with Crippen LogP contribution >= 0.6 is 0 Å². The van der Waals surface area contributed by atoms with Crippen LogP contribution in [0.4, 0.5) is 5.69 Å². The quantitative estimate of drug-likeness (QED) is 0.812. The average Bonchev–Trinajstić information content (AvgIpc) is 2.62. The van der Waals surface area contributed by atoms with E-state index in [0.29, 0.717) is 5.92 Å². The molecule has 1 aliphatic rings. The lowest BCUT2D eigenvalue weighted by molar-refractivity contribution is 0.443.